The molecule has 0 bridgehead atoms. The molecule has 1 saturated heterocycles. The number of amides is 1. The summed E-state index contributed by atoms with van der Waals surface area (Å²) in [6, 6.07) is 7.32. The largest absolute Gasteiger partial charge is 0.465 e. The molecular formula is C19H21ClN2O3. The molecular weight excluding hydrogens is 340 g/mol. The fourth-order valence-corrected chi connectivity index (χ4v) is 3.59. The average molecular weight is 361 g/mol. The van der Waals surface area contributed by atoms with E-state index in [1.807, 2.05) is 12.1 Å². The Morgan fingerprint density at radius 2 is 2.32 bits per heavy atom. The van der Waals surface area contributed by atoms with Gasteiger partial charge in [0.25, 0.3) is 0 Å². The van der Waals surface area contributed by atoms with Crippen LogP contribution in [0.25, 0.3) is 0 Å². The highest BCUT2D eigenvalue weighted by molar-refractivity contribution is 6.30. The Morgan fingerprint density at radius 3 is 3.00 bits per heavy atom. The van der Waals surface area contributed by atoms with Crippen molar-refractivity contribution in [1.82, 2.24) is 4.90 Å². The third kappa shape index (κ3) is 3.45. The number of carbonyl (C=O) groups is 1. The van der Waals surface area contributed by atoms with Gasteiger partial charge in [-0.05, 0) is 49.3 Å². The van der Waals surface area contributed by atoms with Crippen LogP contribution in [-0.4, -0.2) is 34.6 Å². The second kappa shape index (κ2) is 6.97. The van der Waals surface area contributed by atoms with E-state index in [0.717, 1.165) is 18.4 Å². The lowest BCUT2D eigenvalue weighted by molar-refractivity contribution is -0.0433. The molecule has 1 aromatic carbocycles. The number of likely N-dealkylation sites (tertiary alicyclic amines) is 1. The maximum atomic E-state index is 11.5. The quantitative estimate of drug-likeness (QED) is 0.821. The van der Waals surface area contributed by atoms with Crippen molar-refractivity contribution in [1.29, 1.82) is 0 Å². The number of nitrogens with zero attached hydrogens (tertiary/aromatic N) is 2. The van der Waals surface area contributed by atoms with E-state index in [1.54, 1.807) is 12.1 Å². The molecule has 25 heavy (non-hydrogen) atoms. The Labute approximate surface area is 152 Å². The highest BCUT2D eigenvalue weighted by Gasteiger charge is 2.57. The number of oxime groups is 1. The van der Waals surface area contributed by atoms with Crippen molar-refractivity contribution in [2.75, 3.05) is 6.54 Å². The van der Waals surface area contributed by atoms with Crippen LogP contribution in [0.2, 0.25) is 5.02 Å². The molecule has 0 aromatic heterocycles. The maximum absolute atomic E-state index is 11.5. The molecule has 1 N–H and O–H groups in total. The van der Waals surface area contributed by atoms with E-state index in [4.69, 9.17) is 16.4 Å². The van der Waals surface area contributed by atoms with E-state index < -0.39 is 17.7 Å². The van der Waals surface area contributed by atoms with Gasteiger partial charge in [-0.1, -0.05) is 42.6 Å². The normalized spacial score (nSPS) is 24.4. The summed E-state index contributed by atoms with van der Waals surface area (Å²) in [5.41, 5.74) is 0.987. The first kappa shape index (κ1) is 17.6. The van der Waals surface area contributed by atoms with E-state index in [1.165, 1.54) is 4.90 Å². The Kier molecular flexibility index (Phi) is 4.91. The zero-order valence-electron chi connectivity index (χ0n) is 14.3. The van der Waals surface area contributed by atoms with Crippen LogP contribution in [0.1, 0.15) is 38.7 Å². The first-order chi connectivity index (χ1) is 11.9. The summed E-state index contributed by atoms with van der Waals surface area (Å²) in [5.74, 6) is 6.71. The predicted molar refractivity (Wildman–Crippen MR) is 96.5 cm³/mol. The Morgan fingerprint density at radius 1 is 1.52 bits per heavy atom. The highest BCUT2D eigenvalue weighted by atomic mass is 35.5. The van der Waals surface area contributed by atoms with Crippen molar-refractivity contribution in [3.63, 3.8) is 0 Å². The van der Waals surface area contributed by atoms with Crippen LogP contribution in [0, 0.1) is 23.2 Å². The van der Waals surface area contributed by atoms with Gasteiger partial charge in [0.1, 0.15) is 5.71 Å². The van der Waals surface area contributed by atoms with Crippen molar-refractivity contribution < 1.29 is 14.7 Å². The first-order valence-corrected chi connectivity index (χ1v) is 8.81. The van der Waals surface area contributed by atoms with Crippen LogP contribution >= 0.6 is 11.6 Å². The molecule has 2 heterocycles. The number of rotatable bonds is 3. The van der Waals surface area contributed by atoms with E-state index >= 15 is 0 Å². The van der Waals surface area contributed by atoms with Gasteiger partial charge in [0.05, 0.1) is 5.41 Å². The second-order valence-corrected chi connectivity index (χ2v) is 7.41. The van der Waals surface area contributed by atoms with Crippen LogP contribution < -0.4 is 0 Å². The SMILES string of the molecule is CC(C)CCC12CCN(C(=O)O)C1ON=C2C#Cc1cccc(Cl)c1. The summed E-state index contributed by atoms with van der Waals surface area (Å²) in [7, 11) is 0. The number of benzene rings is 1. The molecule has 2 atom stereocenters. The lowest BCUT2D eigenvalue weighted by Gasteiger charge is -2.28. The van der Waals surface area contributed by atoms with Crippen LogP contribution in [0.5, 0.6) is 0 Å². The summed E-state index contributed by atoms with van der Waals surface area (Å²) < 4.78 is 0. The van der Waals surface area contributed by atoms with E-state index in [-0.39, 0.29) is 0 Å². The van der Waals surface area contributed by atoms with Crippen molar-refractivity contribution in [3.8, 4) is 11.8 Å². The van der Waals surface area contributed by atoms with Gasteiger partial charge in [-0.25, -0.2) is 4.79 Å². The van der Waals surface area contributed by atoms with Gasteiger partial charge in [0.15, 0.2) is 0 Å². The molecule has 0 spiro atoms. The van der Waals surface area contributed by atoms with Gasteiger partial charge in [0, 0.05) is 17.1 Å². The van der Waals surface area contributed by atoms with Crippen LogP contribution in [0.3, 0.4) is 0 Å². The molecule has 1 aromatic rings. The Bertz CT molecular complexity index is 765. The number of fused-ring (bicyclic) bond motifs is 1. The highest BCUT2D eigenvalue weighted by Crippen LogP contribution is 2.47. The second-order valence-electron chi connectivity index (χ2n) is 6.97. The van der Waals surface area contributed by atoms with Gasteiger partial charge in [0.2, 0.25) is 6.23 Å². The lowest BCUT2D eigenvalue weighted by Crippen LogP contribution is -2.43. The number of hydrogen-bond donors (Lipinski definition) is 1. The minimum atomic E-state index is -0.976. The number of halogens is 1. The summed E-state index contributed by atoms with van der Waals surface area (Å²) in [6.45, 7) is 4.75. The fourth-order valence-electron chi connectivity index (χ4n) is 3.40. The summed E-state index contributed by atoms with van der Waals surface area (Å²) >= 11 is 6.00. The fraction of sp³-hybridized carbons (Fsp3) is 0.474. The predicted octanol–water partition coefficient (Wildman–Crippen LogP) is 4.21. The van der Waals surface area contributed by atoms with E-state index in [2.05, 4.69) is 30.8 Å². The zero-order valence-corrected chi connectivity index (χ0v) is 15.1. The van der Waals surface area contributed by atoms with Crippen molar-refractivity contribution in [2.24, 2.45) is 16.5 Å². The Hall–Kier alpha value is -2.19. The van der Waals surface area contributed by atoms with Crippen molar-refractivity contribution >= 4 is 23.4 Å². The van der Waals surface area contributed by atoms with E-state index in [9.17, 15) is 9.90 Å². The minimum absolute atomic E-state index is 0.440. The first-order valence-electron chi connectivity index (χ1n) is 8.44. The van der Waals surface area contributed by atoms with Crippen molar-refractivity contribution in [2.45, 2.75) is 39.3 Å². The van der Waals surface area contributed by atoms with Crippen molar-refractivity contribution in [3.05, 3.63) is 34.9 Å². The molecule has 1 amide bonds. The topological polar surface area (TPSA) is 62.1 Å². The number of hydrogen-bond acceptors (Lipinski definition) is 3. The smallest absolute Gasteiger partial charge is 0.410 e. The summed E-state index contributed by atoms with van der Waals surface area (Å²) in [4.78, 5) is 18.3. The molecule has 5 nitrogen and oxygen atoms in total. The summed E-state index contributed by atoms with van der Waals surface area (Å²) in [5, 5.41) is 14.2. The molecule has 0 saturated carbocycles. The zero-order chi connectivity index (χ0) is 18.0. The standard InChI is InChI=1S/C19H21ClN2O3/c1-13(2)8-9-19-10-11-22(18(23)24)17(19)25-21-16(19)7-6-14-4-3-5-15(20)12-14/h3-5,12-13,17H,8-11H2,1-2H3,(H,23,24). The number of carboxylic acid groups (broad SMARTS) is 1. The Balaban J connectivity index is 1.89. The van der Waals surface area contributed by atoms with Gasteiger partial charge in [-0.15, -0.1) is 0 Å². The maximum Gasteiger partial charge on any atom is 0.410 e. The molecule has 2 aliphatic rings. The van der Waals surface area contributed by atoms with Gasteiger partial charge in [-0.3, -0.25) is 4.90 Å². The molecule has 6 heteroatoms. The third-order valence-electron chi connectivity index (χ3n) is 4.83. The molecule has 2 unspecified atom stereocenters. The van der Waals surface area contributed by atoms with E-state index in [0.29, 0.717) is 29.6 Å². The van der Waals surface area contributed by atoms with Gasteiger partial charge in [-0.2, -0.15) is 0 Å². The molecule has 1 fully saturated rings. The molecule has 0 aliphatic carbocycles. The average Bonchev–Trinajstić information content (AvgIpc) is 3.08. The molecule has 3 rings (SSSR count). The van der Waals surface area contributed by atoms with Crippen LogP contribution in [0.15, 0.2) is 29.4 Å². The molecule has 2 aliphatic heterocycles. The minimum Gasteiger partial charge on any atom is -0.465 e. The summed E-state index contributed by atoms with van der Waals surface area (Å²) in [6.07, 6.45) is 0.899. The van der Waals surface area contributed by atoms with Crippen LogP contribution in [0.4, 0.5) is 4.79 Å². The monoisotopic (exact) mass is 360 g/mol. The van der Waals surface area contributed by atoms with Gasteiger partial charge < -0.3 is 9.94 Å². The molecule has 0 radical (unpaired) electrons. The van der Waals surface area contributed by atoms with Gasteiger partial charge >= 0.3 is 6.09 Å². The lowest BCUT2D eigenvalue weighted by atomic mass is 9.75. The van der Waals surface area contributed by atoms with Crippen LogP contribution in [-0.2, 0) is 4.84 Å². The molecule has 132 valence electrons. The third-order valence-corrected chi connectivity index (χ3v) is 5.07.